The highest BCUT2D eigenvalue weighted by atomic mass is 15.2. The SMILES string of the molecule is CNC(C)(C#N)CCCN(C)CC1(N(C)C)CCC1. The molecule has 4 heteroatoms. The van der Waals surface area contributed by atoms with Crippen molar-refractivity contribution in [3.05, 3.63) is 0 Å². The Kier molecular flexibility index (Phi) is 5.79. The molecule has 1 saturated carbocycles. The van der Waals surface area contributed by atoms with Crippen LogP contribution in [0, 0.1) is 11.3 Å². The van der Waals surface area contributed by atoms with Crippen molar-refractivity contribution in [2.75, 3.05) is 41.3 Å². The average Bonchev–Trinajstić information content (AvgIpc) is 2.33. The summed E-state index contributed by atoms with van der Waals surface area (Å²) in [6.45, 7) is 4.18. The molecule has 0 spiro atoms. The van der Waals surface area contributed by atoms with Crippen LogP contribution in [0.2, 0.25) is 0 Å². The van der Waals surface area contributed by atoms with Crippen LogP contribution in [0.4, 0.5) is 0 Å². The third-order valence-electron chi connectivity index (χ3n) is 4.81. The quantitative estimate of drug-likeness (QED) is 0.726. The van der Waals surface area contributed by atoms with E-state index in [2.05, 4.69) is 42.3 Å². The van der Waals surface area contributed by atoms with Gasteiger partial charge in [-0.25, -0.2) is 0 Å². The fraction of sp³-hybridized carbons (Fsp3) is 0.933. The van der Waals surface area contributed by atoms with E-state index in [0.29, 0.717) is 5.54 Å². The maximum atomic E-state index is 9.12. The number of rotatable bonds is 8. The number of hydrogen-bond acceptors (Lipinski definition) is 4. The summed E-state index contributed by atoms with van der Waals surface area (Å²) in [5.41, 5.74) is 0.0207. The molecular weight excluding hydrogens is 236 g/mol. The maximum absolute atomic E-state index is 9.12. The van der Waals surface area contributed by atoms with Gasteiger partial charge in [0.1, 0.15) is 5.54 Å². The molecule has 4 nitrogen and oxygen atoms in total. The first-order valence-electron chi connectivity index (χ1n) is 7.34. The summed E-state index contributed by atoms with van der Waals surface area (Å²) in [5.74, 6) is 0. The van der Waals surface area contributed by atoms with Crippen molar-refractivity contribution in [3.8, 4) is 6.07 Å². The molecule has 1 rings (SSSR count). The van der Waals surface area contributed by atoms with Crippen LogP contribution >= 0.6 is 0 Å². The second-order valence-electron chi connectivity index (χ2n) is 6.51. The summed E-state index contributed by atoms with van der Waals surface area (Å²) >= 11 is 0. The van der Waals surface area contributed by atoms with Gasteiger partial charge in [-0.1, -0.05) is 0 Å². The Morgan fingerprint density at radius 1 is 1.32 bits per heavy atom. The molecule has 0 aromatic carbocycles. The van der Waals surface area contributed by atoms with Crippen molar-refractivity contribution < 1.29 is 0 Å². The molecule has 19 heavy (non-hydrogen) atoms. The molecule has 1 unspecified atom stereocenters. The number of likely N-dealkylation sites (N-methyl/N-ethyl adjacent to an activating group) is 2. The van der Waals surface area contributed by atoms with E-state index in [1.54, 1.807) is 0 Å². The molecule has 0 aliphatic heterocycles. The number of hydrogen-bond donors (Lipinski definition) is 1. The van der Waals surface area contributed by atoms with Crippen molar-refractivity contribution >= 4 is 0 Å². The molecule has 1 aliphatic carbocycles. The van der Waals surface area contributed by atoms with E-state index in [4.69, 9.17) is 5.26 Å². The molecule has 1 aliphatic rings. The third-order valence-corrected chi connectivity index (χ3v) is 4.81. The van der Waals surface area contributed by atoms with Gasteiger partial charge in [-0.2, -0.15) is 5.26 Å². The second-order valence-corrected chi connectivity index (χ2v) is 6.51. The Bertz CT molecular complexity index is 317. The molecule has 110 valence electrons. The molecule has 1 fully saturated rings. The van der Waals surface area contributed by atoms with Crippen LogP contribution in [0.5, 0.6) is 0 Å². The minimum absolute atomic E-state index is 0.378. The van der Waals surface area contributed by atoms with Crippen molar-refractivity contribution in [2.24, 2.45) is 0 Å². The van der Waals surface area contributed by atoms with Crippen LogP contribution in [0.25, 0.3) is 0 Å². The van der Waals surface area contributed by atoms with E-state index in [0.717, 1.165) is 25.9 Å². The van der Waals surface area contributed by atoms with Crippen molar-refractivity contribution in [3.63, 3.8) is 0 Å². The van der Waals surface area contributed by atoms with Crippen molar-refractivity contribution in [1.29, 1.82) is 5.26 Å². The van der Waals surface area contributed by atoms with Gasteiger partial charge in [0.15, 0.2) is 0 Å². The highest BCUT2D eigenvalue weighted by molar-refractivity contribution is 5.03. The van der Waals surface area contributed by atoms with Crippen LogP contribution in [0.1, 0.15) is 39.0 Å². The van der Waals surface area contributed by atoms with E-state index < -0.39 is 0 Å². The van der Waals surface area contributed by atoms with Gasteiger partial charge in [0, 0.05) is 12.1 Å². The predicted octanol–water partition coefficient (Wildman–Crippen LogP) is 1.68. The van der Waals surface area contributed by atoms with E-state index in [1.165, 1.54) is 19.3 Å². The molecule has 0 saturated heterocycles. The lowest BCUT2D eigenvalue weighted by Gasteiger charge is -2.49. The molecule has 0 radical (unpaired) electrons. The fourth-order valence-electron chi connectivity index (χ4n) is 2.85. The Labute approximate surface area is 118 Å². The van der Waals surface area contributed by atoms with E-state index >= 15 is 0 Å². The van der Waals surface area contributed by atoms with Gasteiger partial charge >= 0.3 is 0 Å². The van der Waals surface area contributed by atoms with Gasteiger partial charge in [0.2, 0.25) is 0 Å². The minimum atomic E-state index is -0.378. The minimum Gasteiger partial charge on any atom is -0.305 e. The molecule has 0 bridgehead atoms. The summed E-state index contributed by atoms with van der Waals surface area (Å²) in [4.78, 5) is 4.81. The highest BCUT2D eigenvalue weighted by Crippen LogP contribution is 2.36. The maximum Gasteiger partial charge on any atom is 0.103 e. The van der Waals surface area contributed by atoms with Crippen molar-refractivity contribution in [2.45, 2.75) is 50.1 Å². The zero-order chi connectivity index (χ0) is 14.5. The fourth-order valence-corrected chi connectivity index (χ4v) is 2.85. The largest absolute Gasteiger partial charge is 0.305 e. The average molecular weight is 266 g/mol. The number of nitrogens with one attached hydrogen (secondary N) is 1. The predicted molar refractivity (Wildman–Crippen MR) is 80.1 cm³/mol. The van der Waals surface area contributed by atoms with Crippen LogP contribution in [0.3, 0.4) is 0 Å². The van der Waals surface area contributed by atoms with E-state index in [1.807, 2.05) is 14.0 Å². The Balaban J connectivity index is 2.32. The van der Waals surface area contributed by atoms with Gasteiger partial charge in [-0.05, 0) is 73.8 Å². The highest BCUT2D eigenvalue weighted by Gasteiger charge is 2.39. The Morgan fingerprint density at radius 2 is 1.95 bits per heavy atom. The Morgan fingerprint density at radius 3 is 2.32 bits per heavy atom. The first-order valence-corrected chi connectivity index (χ1v) is 7.34. The zero-order valence-corrected chi connectivity index (χ0v) is 13.3. The standard InChI is InChI=1S/C15H30N4/c1-14(12-16,17-2)8-7-11-19(5)13-15(18(3)4)9-6-10-15/h17H,6-11,13H2,1-5H3. The lowest BCUT2D eigenvalue weighted by molar-refractivity contribution is 0.0273. The normalized spacial score (nSPS) is 20.9. The second kappa shape index (κ2) is 6.69. The summed E-state index contributed by atoms with van der Waals surface area (Å²) in [5, 5.41) is 12.2. The first-order chi connectivity index (χ1) is 8.87. The summed E-state index contributed by atoms with van der Waals surface area (Å²) in [6, 6.07) is 2.35. The summed E-state index contributed by atoms with van der Waals surface area (Å²) < 4.78 is 0. The first kappa shape index (κ1) is 16.4. The third kappa shape index (κ3) is 4.17. The zero-order valence-electron chi connectivity index (χ0n) is 13.3. The molecule has 0 aromatic rings. The molecule has 0 heterocycles. The van der Waals surface area contributed by atoms with Crippen LogP contribution in [-0.2, 0) is 0 Å². The Hall–Kier alpha value is -0.630. The van der Waals surface area contributed by atoms with Gasteiger partial charge in [-0.3, -0.25) is 0 Å². The number of nitrogens with zero attached hydrogens (tertiary/aromatic N) is 3. The lowest BCUT2D eigenvalue weighted by Crippen LogP contribution is -2.56. The van der Waals surface area contributed by atoms with Crippen LogP contribution in [-0.4, -0.2) is 62.2 Å². The number of nitriles is 1. The topological polar surface area (TPSA) is 42.3 Å². The van der Waals surface area contributed by atoms with Crippen molar-refractivity contribution in [1.82, 2.24) is 15.1 Å². The van der Waals surface area contributed by atoms with Crippen LogP contribution < -0.4 is 5.32 Å². The van der Waals surface area contributed by atoms with E-state index in [9.17, 15) is 0 Å². The summed E-state index contributed by atoms with van der Waals surface area (Å²) in [6.07, 6.45) is 5.95. The lowest BCUT2D eigenvalue weighted by atomic mass is 9.75. The van der Waals surface area contributed by atoms with Crippen LogP contribution in [0.15, 0.2) is 0 Å². The van der Waals surface area contributed by atoms with Gasteiger partial charge < -0.3 is 15.1 Å². The monoisotopic (exact) mass is 266 g/mol. The van der Waals surface area contributed by atoms with Gasteiger partial charge in [0.25, 0.3) is 0 Å². The molecular formula is C15H30N4. The smallest absolute Gasteiger partial charge is 0.103 e. The summed E-state index contributed by atoms with van der Waals surface area (Å²) in [7, 11) is 8.45. The molecule has 0 amide bonds. The molecule has 0 aromatic heterocycles. The van der Waals surface area contributed by atoms with Gasteiger partial charge in [-0.15, -0.1) is 0 Å². The molecule has 1 atom stereocenters. The molecule has 1 N–H and O–H groups in total. The van der Waals surface area contributed by atoms with E-state index in [-0.39, 0.29) is 5.54 Å². The van der Waals surface area contributed by atoms with Gasteiger partial charge in [0.05, 0.1) is 6.07 Å².